The molecule has 0 atom stereocenters. The van der Waals surface area contributed by atoms with Gasteiger partial charge in [0.1, 0.15) is 11.6 Å². The van der Waals surface area contributed by atoms with Gasteiger partial charge in [-0.15, -0.1) is 5.10 Å². The Labute approximate surface area is 205 Å². The number of nitrogens with one attached hydrogen (secondary N) is 1. The van der Waals surface area contributed by atoms with Gasteiger partial charge in [-0.25, -0.2) is 17.9 Å². The summed E-state index contributed by atoms with van der Waals surface area (Å²) in [5.74, 6) is 1.78. The molecule has 188 valence electrons. The van der Waals surface area contributed by atoms with E-state index < -0.39 is 10.0 Å². The fourth-order valence-electron chi connectivity index (χ4n) is 5.08. The fraction of sp³-hybridized carbons (Fsp3) is 0.542. The van der Waals surface area contributed by atoms with Crippen molar-refractivity contribution in [1.29, 1.82) is 0 Å². The van der Waals surface area contributed by atoms with Crippen molar-refractivity contribution in [2.45, 2.75) is 50.3 Å². The number of aromatic amines is 1. The average molecular weight is 501 g/mol. The zero-order chi connectivity index (χ0) is 24.7. The Morgan fingerprint density at radius 3 is 2.54 bits per heavy atom. The van der Waals surface area contributed by atoms with Crippen molar-refractivity contribution in [3.8, 4) is 17.1 Å². The highest BCUT2D eigenvalue weighted by atomic mass is 32.2. The highest BCUT2D eigenvalue weighted by Gasteiger charge is 2.29. The molecule has 1 aliphatic carbocycles. The number of aromatic nitrogens is 4. The van der Waals surface area contributed by atoms with Crippen LogP contribution >= 0.6 is 0 Å². The van der Waals surface area contributed by atoms with E-state index in [-0.39, 0.29) is 22.2 Å². The van der Waals surface area contributed by atoms with Crippen LogP contribution in [0, 0.1) is 6.92 Å². The molecule has 1 saturated heterocycles. The quantitative estimate of drug-likeness (QED) is 0.553. The molecule has 0 spiro atoms. The standard InChI is InChI=1S/C24H32N6O4S/c1-4-34-20-10-9-18(35(32,33)29-13-11-28(3)12-14-29)15-19(20)22-26-24(31)21-16(2)25-23(30(21)27-22)17-7-5-6-8-17/h9-10,15,17H,4-8,11-14H2,1-3H3,(H,26,27,31). The molecule has 5 rings (SSSR count). The number of hydrogen-bond acceptors (Lipinski definition) is 7. The molecule has 0 bridgehead atoms. The van der Waals surface area contributed by atoms with Crippen molar-refractivity contribution in [1.82, 2.24) is 28.8 Å². The predicted molar refractivity (Wildman–Crippen MR) is 132 cm³/mol. The monoisotopic (exact) mass is 500 g/mol. The lowest BCUT2D eigenvalue weighted by Gasteiger charge is -2.31. The lowest BCUT2D eigenvalue weighted by molar-refractivity contribution is 0.222. The number of ether oxygens (including phenoxy) is 1. The minimum absolute atomic E-state index is 0.154. The van der Waals surface area contributed by atoms with E-state index in [0.717, 1.165) is 31.5 Å². The number of piperazine rings is 1. The SMILES string of the molecule is CCOc1ccc(S(=O)(=O)N2CCN(C)CC2)cc1-c1nn2c(C3CCCC3)nc(C)c2c(=O)[nH]1. The number of fused-ring (bicyclic) bond motifs is 1. The van der Waals surface area contributed by atoms with Crippen molar-refractivity contribution >= 4 is 15.5 Å². The molecule has 0 unspecified atom stereocenters. The second kappa shape index (κ2) is 9.36. The van der Waals surface area contributed by atoms with Gasteiger partial charge in [-0.1, -0.05) is 12.8 Å². The first-order chi connectivity index (χ1) is 16.8. The van der Waals surface area contributed by atoms with Gasteiger partial charge in [0.15, 0.2) is 11.3 Å². The molecule has 3 aromatic rings. The lowest BCUT2D eigenvalue weighted by atomic mass is 10.1. The van der Waals surface area contributed by atoms with E-state index in [9.17, 15) is 13.2 Å². The van der Waals surface area contributed by atoms with Crippen LogP contribution in [0.15, 0.2) is 27.9 Å². The van der Waals surface area contributed by atoms with Gasteiger partial charge in [0.05, 0.1) is 22.8 Å². The number of H-pyrrole nitrogens is 1. The van der Waals surface area contributed by atoms with Crippen LogP contribution in [0.4, 0.5) is 0 Å². The predicted octanol–water partition coefficient (Wildman–Crippen LogP) is 2.39. The molecule has 2 aliphatic rings. The molecule has 10 nitrogen and oxygen atoms in total. The van der Waals surface area contributed by atoms with E-state index in [0.29, 0.717) is 55.3 Å². The van der Waals surface area contributed by atoms with Crippen molar-refractivity contribution in [3.05, 3.63) is 40.1 Å². The van der Waals surface area contributed by atoms with Gasteiger partial charge in [-0.05, 0) is 51.9 Å². The number of rotatable bonds is 6. The molecule has 0 amide bonds. The maximum Gasteiger partial charge on any atom is 0.277 e. The smallest absolute Gasteiger partial charge is 0.277 e. The molecule has 3 heterocycles. The first-order valence-electron chi connectivity index (χ1n) is 12.2. The zero-order valence-electron chi connectivity index (χ0n) is 20.5. The summed E-state index contributed by atoms with van der Waals surface area (Å²) in [7, 11) is -1.72. The molecule has 1 saturated carbocycles. The van der Waals surface area contributed by atoms with E-state index in [1.165, 1.54) is 4.31 Å². The second-order valence-electron chi connectivity index (χ2n) is 9.40. The highest BCUT2D eigenvalue weighted by Crippen LogP contribution is 2.35. The Hall–Kier alpha value is -2.76. The number of imidazole rings is 1. The van der Waals surface area contributed by atoms with Crippen LogP contribution in [0.25, 0.3) is 16.9 Å². The number of sulfonamides is 1. The van der Waals surface area contributed by atoms with Crippen LogP contribution in [-0.2, 0) is 10.0 Å². The number of hydrogen-bond donors (Lipinski definition) is 1. The summed E-state index contributed by atoms with van der Waals surface area (Å²) in [4.78, 5) is 22.9. The van der Waals surface area contributed by atoms with Crippen LogP contribution < -0.4 is 10.3 Å². The summed E-state index contributed by atoms with van der Waals surface area (Å²) in [6.07, 6.45) is 4.31. The first kappa shape index (κ1) is 24.0. The summed E-state index contributed by atoms with van der Waals surface area (Å²) in [5, 5.41) is 4.76. The minimum Gasteiger partial charge on any atom is -0.493 e. The third-order valence-electron chi connectivity index (χ3n) is 7.03. The number of aryl methyl sites for hydroxylation is 1. The molecule has 0 radical (unpaired) electrons. The van der Waals surface area contributed by atoms with Crippen molar-refractivity contribution in [2.75, 3.05) is 39.8 Å². The van der Waals surface area contributed by atoms with Crippen molar-refractivity contribution in [2.24, 2.45) is 0 Å². The Kier molecular flexibility index (Phi) is 6.41. The Morgan fingerprint density at radius 1 is 1.14 bits per heavy atom. The van der Waals surface area contributed by atoms with Crippen LogP contribution in [0.1, 0.15) is 50.0 Å². The van der Waals surface area contributed by atoms with Crippen LogP contribution in [0.5, 0.6) is 5.75 Å². The maximum atomic E-state index is 13.4. The fourth-order valence-corrected chi connectivity index (χ4v) is 6.53. The van der Waals surface area contributed by atoms with Gasteiger partial charge in [0.2, 0.25) is 10.0 Å². The van der Waals surface area contributed by atoms with E-state index in [1.807, 2.05) is 20.9 Å². The van der Waals surface area contributed by atoms with Gasteiger partial charge in [-0.2, -0.15) is 4.31 Å². The highest BCUT2D eigenvalue weighted by molar-refractivity contribution is 7.89. The minimum atomic E-state index is -3.71. The molecule has 1 aromatic carbocycles. The molecule has 2 aromatic heterocycles. The largest absolute Gasteiger partial charge is 0.493 e. The van der Waals surface area contributed by atoms with Gasteiger partial charge in [-0.3, -0.25) is 4.79 Å². The molecular formula is C24H32N6O4S. The first-order valence-corrected chi connectivity index (χ1v) is 13.7. The number of likely N-dealkylation sites (N-methyl/N-ethyl adjacent to an activating group) is 1. The summed E-state index contributed by atoms with van der Waals surface area (Å²) in [5.41, 5.74) is 1.20. The number of benzene rings is 1. The van der Waals surface area contributed by atoms with E-state index >= 15 is 0 Å². The normalized spacial score (nSPS) is 18.5. The van der Waals surface area contributed by atoms with Gasteiger partial charge >= 0.3 is 0 Å². The summed E-state index contributed by atoms with van der Waals surface area (Å²) in [6.45, 7) is 6.29. The molecule has 11 heteroatoms. The van der Waals surface area contributed by atoms with Gasteiger partial charge < -0.3 is 14.6 Å². The Bertz CT molecular complexity index is 1400. The van der Waals surface area contributed by atoms with Crippen LogP contribution in [0.3, 0.4) is 0 Å². The van der Waals surface area contributed by atoms with Crippen LogP contribution in [-0.4, -0.2) is 77.0 Å². The second-order valence-corrected chi connectivity index (χ2v) is 11.3. The maximum absolute atomic E-state index is 13.4. The van der Waals surface area contributed by atoms with E-state index in [2.05, 4.69) is 9.88 Å². The van der Waals surface area contributed by atoms with Gasteiger partial charge in [0, 0.05) is 32.1 Å². The molecule has 1 aliphatic heterocycles. The van der Waals surface area contributed by atoms with Crippen molar-refractivity contribution in [3.63, 3.8) is 0 Å². The molecular weight excluding hydrogens is 468 g/mol. The molecule has 35 heavy (non-hydrogen) atoms. The summed E-state index contributed by atoms with van der Waals surface area (Å²) in [6, 6.07) is 4.76. The van der Waals surface area contributed by atoms with Gasteiger partial charge in [0.25, 0.3) is 5.56 Å². The molecule has 2 fully saturated rings. The third-order valence-corrected chi connectivity index (χ3v) is 8.92. The summed E-state index contributed by atoms with van der Waals surface area (Å²) >= 11 is 0. The van der Waals surface area contributed by atoms with Crippen molar-refractivity contribution < 1.29 is 13.2 Å². The summed E-state index contributed by atoms with van der Waals surface area (Å²) < 4.78 is 35.8. The van der Waals surface area contributed by atoms with Crippen LogP contribution in [0.2, 0.25) is 0 Å². The Balaban J connectivity index is 1.63. The zero-order valence-corrected chi connectivity index (χ0v) is 21.3. The number of nitrogens with zero attached hydrogens (tertiary/aromatic N) is 5. The van der Waals surface area contributed by atoms with E-state index in [4.69, 9.17) is 14.8 Å². The topological polar surface area (TPSA) is 113 Å². The van der Waals surface area contributed by atoms with E-state index in [1.54, 1.807) is 22.7 Å². The average Bonchev–Trinajstić information content (AvgIpc) is 3.48. The lowest BCUT2D eigenvalue weighted by Crippen LogP contribution is -2.47. The Morgan fingerprint density at radius 2 is 1.86 bits per heavy atom. The third kappa shape index (κ3) is 4.36. The molecule has 1 N–H and O–H groups in total.